The largest absolute Gasteiger partial charge is 1.00 e. The zero-order valence-electron chi connectivity index (χ0n) is 36.4. The van der Waals surface area contributed by atoms with Gasteiger partial charge in [-0.25, -0.2) is 0 Å². The second kappa shape index (κ2) is 25.7. The number of oxime groups is 2. The molecule has 4 amide bonds. The van der Waals surface area contributed by atoms with Crippen LogP contribution in [0, 0.1) is 10.8 Å². The van der Waals surface area contributed by atoms with E-state index < -0.39 is 81.8 Å². The van der Waals surface area contributed by atoms with Gasteiger partial charge < -0.3 is 61.0 Å². The van der Waals surface area contributed by atoms with Crippen LogP contribution in [0.5, 0.6) is 0 Å². The van der Waals surface area contributed by atoms with Crippen molar-refractivity contribution in [1.82, 2.24) is 50.8 Å². The van der Waals surface area contributed by atoms with Crippen molar-refractivity contribution < 1.29 is 128 Å². The van der Waals surface area contributed by atoms with E-state index in [1.54, 1.807) is 0 Å². The Labute approximate surface area is 478 Å². The molecule has 2 unspecified atom stereocenters. The number of hydrogen-bond donors (Lipinski definition) is 10. The number of hydrogen-bond acceptors (Lipinski definition) is 28. The number of amides is 4. The molecule has 0 aromatic carbocycles. The molecule has 8 heterocycles. The minimum Gasteiger partial charge on any atom is -0.543 e. The van der Waals surface area contributed by atoms with Gasteiger partial charge in [0.05, 0.1) is 47.6 Å². The van der Waals surface area contributed by atoms with Gasteiger partial charge in [0.2, 0.25) is 0 Å². The number of carbonyl (C=O) groups is 8. The normalized spacial score (nSPS) is 19.3. The maximum atomic E-state index is 12.8. The zero-order chi connectivity index (χ0) is 50.6. The number of rotatable bonds is 18. The molecular formula is C34H28N14Na2O14S8. The zero-order valence-corrected chi connectivity index (χ0v) is 47.0. The summed E-state index contributed by atoms with van der Waals surface area (Å²) in [4.78, 5) is 103. The van der Waals surface area contributed by atoms with Crippen LogP contribution in [0.2, 0.25) is 0 Å². The molecule has 38 heteroatoms. The number of aromatic amines is 2. The van der Waals surface area contributed by atoms with E-state index in [1.165, 1.54) is 34.3 Å². The Bertz CT molecular complexity index is 2870. The number of aliphatic carboxylic acids is 4. The van der Waals surface area contributed by atoms with Crippen LogP contribution >= 0.6 is 92.4 Å². The van der Waals surface area contributed by atoms with Crippen molar-refractivity contribution >= 4 is 151 Å². The number of thioether (sulfide) groups is 4. The number of carboxylic acids is 4. The molecule has 28 nitrogen and oxygen atoms in total. The molecule has 4 atom stereocenters. The standard InChI is InChI=1S/2C17H15N7O7S4.2Na/c2*18-16-19-6(4-33-16)9(23-31)12(27)20-10-13(28)24-11(15(29)30)5(2-32-14(10)24)3-34-17-22-21-7(35-17)1-8(25)26;;/h2*4,10,14,31H,1-3H2,(H2,18,19)(H,20,27)(H,25,26)(H,29,30);;/q;;2*+1/p-2/b2*23-9-;;/t2*10?,14-;;/m11../s1. The first-order valence-corrected chi connectivity index (χ1v) is 26.5. The maximum Gasteiger partial charge on any atom is 1.00 e. The molecule has 0 saturated carbocycles. The summed E-state index contributed by atoms with van der Waals surface area (Å²) in [6.07, 6.45) is -0.537. The average molecular weight is 1160 g/mol. The first-order valence-electron chi connectivity index (χ1n) is 19.0. The van der Waals surface area contributed by atoms with Crippen molar-refractivity contribution in [3.63, 3.8) is 0 Å². The first-order chi connectivity index (χ1) is 33.4. The van der Waals surface area contributed by atoms with Crippen LogP contribution in [-0.4, -0.2) is 166 Å². The third-order valence-electron chi connectivity index (χ3n) is 9.52. The smallest absolute Gasteiger partial charge is 0.543 e. The van der Waals surface area contributed by atoms with E-state index in [0.29, 0.717) is 29.8 Å². The number of nitrogens with one attached hydrogen (secondary N) is 6. The summed E-state index contributed by atoms with van der Waals surface area (Å²) >= 11 is 8.93. The van der Waals surface area contributed by atoms with Crippen molar-refractivity contribution in [3.05, 3.63) is 64.3 Å². The van der Waals surface area contributed by atoms with E-state index in [4.69, 9.17) is 21.0 Å². The molecule has 10 N–H and O–H groups in total. The Morgan fingerprint density at radius 1 is 0.694 bits per heavy atom. The second-order valence-corrected chi connectivity index (χ2v) is 22.5. The molecule has 4 aliphatic heterocycles. The van der Waals surface area contributed by atoms with Crippen LogP contribution in [-0.2, 0) is 51.2 Å². The van der Waals surface area contributed by atoms with E-state index in [-0.39, 0.29) is 127 Å². The molecule has 2 fully saturated rings. The van der Waals surface area contributed by atoms with Gasteiger partial charge in [0, 0.05) is 33.8 Å². The number of aromatic nitrogens is 6. The van der Waals surface area contributed by atoms with Gasteiger partial charge in [-0.1, -0.05) is 56.5 Å². The van der Waals surface area contributed by atoms with Crippen molar-refractivity contribution in [1.29, 1.82) is 10.8 Å². The van der Waals surface area contributed by atoms with Gasteiger partial charge in [-0.05, 0) is 11.1 Å². The third kappa shape index (κ3) is 13.3. The molecule has 8 rings (SSSR count). The molecule has 4 aromatic rings. The Hall–Kier alpha value is -4.44. The number of β-lactam (4-membered cyclic amide) rings is 2. The Kier molecular flexibility index (Phi) is 20.8. The quantitative estimate of drug-likeness (QED) is 0.0110. The van der Waals surface area contributed by atoms with Crippen LogP contribution in [0.4, 0.5) is 0 Å². The fourth-order valence-electron chi connectivity index (χ4n) is 6.55. The van der Waals surface area contributed by atoms with Gasteiger partial charge in [0.25, 0.3) is 23.6 Å². The van der Waals surface area contributed by atoms with Gasteiger partial charge >= 0.3 is 71.1 Å². The second-order valence-electron chi connectivity index (χ2n) is 13.9. The van der Waals surface area contributed by atoms with Gasteiger partial charge in [-0.2, -0.15) is 0 Å². The molecule has 0 spiro atoms. The molecule has 0 bridgehead atoms. The predicted molar refractivity (Wildman–Crippen MR) is 244 cm³/mol. The van der Waals surface area contributed by atoms with Crippen molar-refractivity contribution in [2.45, 2.75) is 44.4 Å². The van der Waals surface area contributed by atoms with E-state index in [1.807, 2.05) is 0 Å². The molecule has 4 aliphatic rings. The summed E-state index contributed by atoms with van der Waals surface area (Å²) in [7, 11) is 0. The SMILES string of the molecule is N=c1[nH]c(/C(=N/O)C(=O)NC2C(=O)N3C(C(=O)[O-])=C(CSc4nnc(CC(=O)O)s4)CS[C@H]23)cs1.N=c1[nH]c(/C(=N/O)C(=O)NC2C(=O)N3C(C(=O)[O-])=C(CSc4nnc(CC(=O)O)s4)CS[C@H]23)cs1.[Na+].[Na+]. The summed E-state index contributed by atoms with van der Waals surface area (Å²) in [6.45, 7) is 0. The molecule has 72 heavy (non-hydrogen) atoms. The van der Waals surface area contributed by atoms with Gasteiger partial charge in [0.15, 0.2) is 29.7 Å². The summed E-state index contributed by atoms with van der Waals surface area (Å²) in [5.41, 5.74) is -0.384. The number of nitrogens with zero attached hydrogens (tertiary/aromatic N) is 8. The Balaban J connectivity index is 0.000000260. The van der Waals surface area contributed by atoms with E-state index in [0.717, 1.165) is 78.7 Å². The number of thiazole rings is 2. The van der Waals surface area contributed by atoms with Gasteiger partial charge in [-0.3, -0.25) is 49.4 Å². The number of carboxylic acid groups (broad SMARTS) is 4. The minimum atomic E-state index is -1.54. The first kappa shape index (κ1) is 58.4. The molecule has 2 saturated heterocycles. The molecule has 0 radical (unpaired) electrons. The van der Waals surface area contributed by atoms with Gasteiger partial charge in [0.1, 0.15) is 32.8 Å². The van der Waals surface area contributed by atoms with Gasteiger partial charge in [-0.15, -0.1) is 66.6 Å². The topological polar surface area (TPSA) is 450 Å². The van der Waals surface area contributed by atoms with E-state index in [2.05, 4.69) is 51.3 Å². The Morgan fingerprint density at radius 2 is 1.07 bits per heavy atom. The van der Waals surface area contributed by atoms with Crippen LogP contribution in [0.1, 0.15) is 21.4 Å². The molecular weight excluding hydrogens is 1130 g/mol. The monoisotopic (exact) mass is 1160 g/mol. The molecule has 368 valence electrons. The summed E-state index contributed by atoms with van der Waals surface area (Å²) in [5.74, 6) is -7.43. The molecule has 4 aromatic heterocycles. The third-order valence-corrected chi connectivity index (χ3v) is 17.9. The van der Waals surface area contributed by atoms with E-state index >= 15 is 0 Å². The number of H-pyrrole nitrogens is 2. The fourth-order valence-corrected chi connectivity index (χ4v) is 14.4. The van der Waals surface area contributed by atoms with Crippen LogP contribution in [0.3, 0.4) is 0 Å². The fraction of sp³-hybridized carbons (Fsp3) is 0.294. The van der Waals surface area contributed by atoms with Crippen molar-refractivity contribution in [2.75, 3.05) is 23.0 Å². The summed E-state index contributed by atoms with van der Waals surface area (Å²) in [6, 6.07) is -2.10. The molecule has 0 aliphatic carbocycles. The van der Waals surface area contributed by atoms with Crippen LogP contribution < -0.4 is 89.6 Å². The van der Waals surface area contributed by atoms with Crippen molar-refractivity contribution in [2.24, 2.45) is 10.3 Å². The van der Waals surface area contributed by atoms with Crippen molar-refractivity contribution in [3.8, 4) is 0 Å². The number of fused-ring (bicyclic) bond motifs is 2. The average Bonchev–Trinajstić information content (AvgIpc) is 4.15. The Morgan fingerprint density at radius 3 is 1.38 bits per heavy atom. The van der Waals surface area contributed by atoms with E-state index in [9.17, 15) is 59.0 Å². The van der Waals surface area contributed by atoms with Crippen LogP contribution in [0.25, 0.3) is 0 Å². The predicted octanol–water partition coefficient (Wildman–Crippen LogP) is -9.17. The summed E-state index contributed by atoms with van der Waals surface area (Å²) < 4.78 is 0.908. The maximum absolute atomic E-state index is 12.8. The number of carbonyl (C=O) groups excluding carboxylic acids is 6. The van der Waals surface area contributed by atoms with Crippen LogP contribution in [0.15, 0.2) is 52.3 Å². The summed E-state index contributed by atoms with van der Waals surface area (Å²) in [5, 5.41) is 103. The minimum absolute atomic E-state index is 0.